The highest BCUT2D eigenvalue weighted by atomic mass is 32.2. The summed E-state index contributed by atoms with van der Waals surface area (Å²) in [5.41, 5.74) is 1.07. The summed E-state index contributed by atoms with van der Waals surface area (Å²) in [4.78, 5) is 25.6. The lowest BCUT2D eigenvalue weighted by molar-refractivity contribution is -0.121. The fourth-order valence-corrected chi connectivity index (χ4v) is 3.68. The normalized spacial score (nSPS) is 14.0. The molecule has 3 rings (SSSR count). The second-order valence-corrected chi connectivity index (χ2v) is 7.50. The molecule has 0 fully saturated rings. The maximum absolute atomic E-state index is 12.3. The highest BCUT2D eigenvalue weighted by Crippen LogP contribution is 2.17. The Morgan fingerprint density at radius 3 is 2.84 bits per heavy atom. The number of carbonyl (C=O) groups is 1. The van der Waals surface area contributed by atoms with Crippen LogP contribution in [-0.4, -0.2) is 32.6 Å². The van der Waals surface area contributed by atoms with E-state index in [2.05, 4.69) is 41.6 Å². The van der Waals surface area contributed by atoms with Crippen LogP contribution >= 0.6 is 11.8 Å². The Labute approximate surface area is 151 Å². The number of nitrogens with one attached hydrogen (secondary N) is 1. The van der Waals surface area contributed by atoms with E-state index in [-0.39, 0.29) is 18.1 Å². The van der Waals surface area contributed by atoms with Crippen molar-refractivity contribution in [3.63, 3.8) is 0 Å². The molecule has 2 aromatic rings. The number of carbonyl (C=O) groups excluding carboxylic acids is 1. The van der Waals surface area contributed by atoms with Crippen molar-refractivity contribution in [3.05, 3.63) is 46.1 Å². The summed E-state index contributed by atoms with van der Waals surface area (Å²) in [5.74, 6) is 1.44. The van der Waals surface area contributed by atoms with Gasteiger partial charge < -0.3 is 5.32 Å². The quantitative estimate of drug-likeness (QED) is 0.632. The Kier molecular flexibility index (Phi) is 5.96. The fourth-order valence-electron chi connectivity index (χ4n) is 2.91. The van der Waals surface area contributed by atoms with E-state index in [9.17, 15) is 9.59 Å². The number of benzene rings is 1. The van der Waals surface area contributed by atoms with Crippen molar-refractivity contribution >= 4 is 17.7 Å². The Bertz CT molecular complexity index is 779. The Morgan fingerprint density at radius 2 is 2.04 bits per heavy atom. The summed E-state index contributed by atoms with van der Waals surface area (Å²) in [6.45, 7) is 3.34. The molecule has 1 aromatic heterocycles. The molecular weight excluding hydrogens is 336 g/mol. The SMILES string of the molecule is Cc1ccc(SCCNC(=O)Cn2nc3n(c2=O)CCCCC3)cc1. The lowest BCUT2D eigenvalue weighted by Crippen LogP contribution is -2.34. The second kappa shape index (κ2) is 8.38. The van der Waals surface area contributed by atoms with Gasteiger partial charge in [-0.1, -0.05) is 24.1 Å². The lowest BCUT2D eigenvalue weighted by Gasteiger charge is -2.05. The molecule has 0 saturated carbocycles. The smallest absolute Gasteiger partial charge is 0.346 e. The van der Waals surface area contributed by atoms with Gasteiger partial charge in [0, 0.05) is 30.2 Å². The molecule has 1 aromatic carbocycles. The average Bonchev–Trinajstić information content (AvgIpc) is 2.77. The van der Waals surface area contributed by atoms with Crippen molar-refractivity contribution in [1.29, 1.82) is 0 Å². The molecule has 0 unspecified atom stereocenters. The van der Waals surface area contributed by atoms with E-state index in [1.807, 2.05) is 0 Å². The maximum Gasteiger partial charge on any atom is 0.346 e. The van der Waals surface area contributed by atoms with Crippen LogP contribution in [0.3, 0.4) is 0 Å². The van der Waals surface area contributed by atoms with Gasteiger partial charge in [0.05, 0.1) is 0 Å². The number of hydrogen-bond acceptors (Lipinski definition) is 4. The molecule has 0 atom stereocenters. The van der Waals surface area contributed by atoms with E-state index >= 15 is 0 Å². The molecule has 6 nitrogen and oxygen atoms in total. The zero-order chi connectivity index (χ0) is 17.6. The summed E-state index contributed by atoms with van der Waals surface area (Å²) < 4.78 is 3.01. The second-order valence-electron chi connectivity index (χ2n) is 6.33. The Hall–Kier alpha value is -2.02. The van der Waals surface area contributed by atoms with Gasteiger partial charge in [0.1, 0.15) is 12.4 Å². The molecule has 0 aliphatic carbocycles. The average molecular weight is 360 g/mol. The van der Waals surface area contributed by atoms with E-state index in [0.29, 0.717) is 13.1 Å². The van der Waals surface area contributed by atoms with Crippen molar-refractivity contribution in [2.75, 3.05) is 12.3 Å². The number of hydrogen-bond donors (Lipinski definition) is 1. The van der Waals surface area contributed by atoms with Crippen LogP contribution in [0.25, 0.3) is 0 Å². The third-order valence-corrected chi connectivity index (χ3v) is 5.30. The first kappa shape index (κ1) is 17.8. The highest BCUT2D eigenvalue weighted by molar-refractivity contribution is 7.99. The van der Waals surface area contributed by atoms with Gasteiger partial charge in [-0.25, -0.2) is 9.48 Å². The fraction of sp³-hybridized carbons (Fsp3) is 0.500. The summed E-state index contributed by atoms with van der Waals surface area (Å²) in [5, 5.41) is 7.20. The van der Waals surface area contributed by atoms with Gasteiger partial charge in [-0.3, -0.25) is 9.36 Å². The zero-order valence-electron chi connectivity index (χ0n) is 14.5. The number of nitrogens with zero attached hydrogens (tertiary/aromatic N) is 3. The summed E-state index contributed by atoms with van der Waals surface area (Å²) in [6.07, 6.45) is 4.00. The van der Waals surface area contributed by atoms with Gasteiger partial charge in [-0.05, 0) is 31.9 Å². The minimum atomic E-state index is -0.167. The van der Waals surface area contributed by atoms with Crippen LogP contribution in [0.15, 0.2) is 34.0 Å². The molecule has 1 N–H and O–H groups in total. The zero-order valence-corrected chi connectivity index (χ0v) is 15.3. The van der Waals surface area contributed by atoms with Crippen LogP contribution in [0.1, 0.15) is 30.7 Å². The predicted octanol–water partition coefficient (Wildman–Crippen LogP) is 1.99. The van der Waals surface area contributed by atoms with Crippen LogP contribution in [0, 0.1) is 6.92 Å². The van der Waals surface area contributed by atoms with E-state index in [1.165, 1.54) is 15.1 Å². The molecule has 134 valence electrons. The standard InChI is InChI=1S/C18H24N4O2S/c1-14-6-8-15(9-7-14)25-12-10-19-17(23)13-22-18(24)21-11-4-2-3-5-16(21)20-22/h6-9H,2-5,10-13H2,1H3,(H,19,23). The van der Waals surface area contributed by atoms with E-state index in [4.69, 9.17) is 0 Å². The first-order valence-corrected chi connectivity index (χ1v) is 9.75. The summed E-state index contributed by atoms with van der Waals surface area (Å²) >= 11 is 1.70. The van der Waals surface area contributed by atoms with Crippen LogP contribution in [0.4, 0.5) is 0 Å². The number of aryl methyl sites for hydroxylation is 2. The van der Waals surface area contributed by atoms with E-state index < -0.39 is 0 Å². The first-order valence-electron chi connectivity index (χ1n) is 8.76. The maximum atomic E-state index is 12.3. The van der Waals surface area contributed by atoms with Gasteiger partial charge in [-0.15, -0.1) is 11.8 Å². The Morgan fingerprint density at radius 1 is 1.24 bits per heavy atom. The number of thioether (sulfide) groups is 1. The highest BCUT2D eigenvalue weighted by Gasteiger charge is 2.16. The van der Waals surface area contributed by atoms with Crippen molar-refractivity contribution < 1.29 is 4.79 Å². The lowest BCUT2D eigenvalue weighted by atomic mass is 10.2. The van der Waals surface area contributed by atoms with Crippen LogP contribution in [0.2, 0.25) is 0 Å². The number of fused-ring (bicyclic) bond motifs is 1. The van der Waals surface area contributed by atoms with Gasteiger partial charge in [-0.2, -0.15) is 5.10 Å². The minimum Gasteiger partial charge on any atom is -0.354 e. The summed E-state index contributed by atoms with van der Waals surface area (Å²) in [7, 11) is 0. The topological polar surface area (TPSA) is 68.9 Å². The molecule has 0 bridgehead atoms. The van der Waals surface area contributed by atoms with Gasteiger partial charge >= 0.3 is 5.69 Å². The van der Waals surface area contributed by atoms with Gasteiger partial charge in [0.25, 0.3) is 0 Å². The predicted molar refractivity (Wildman–Crippen MR) is 99.0 cm³/mol. The van der Waals surface area contributed by atoms with Crippen LogP contribution in [-0.2, 0) is 24.3 Å². The van der Waals surface area contributed by atoms with Crippen molar-refractivity contribution in [2.45, 2.75) is 50.6 Å². The van der Waals surface area contributed by atoms with Gasteiger partial charge in [0.15, 0.2) is 0 Å². The molecule has 2 heterocycles. The third kappa shape index (κ3) is 4.75. The molecule has 1 amide bonds. The van der Waals surface area contributed by atoms with Gasteiger partial charge in [0.2, 0.25) is 5.91 Å². The summed E-state index contributed by atoms with van der Waals surface area (Å²) in [6, 6.07) is 8.32. The number of rotatable bonds is 6. The monoisotopic (exact) mass is 360 g/mol. The van der Waals surface area contributed by atoms with E-state index in [1.54, 1.807) is 16.3 Å². The van der Waals surface area contributed by atoms with Crippen molar-refractivity contribution in [1.82, 2.24) is 19.7 Å². The molecule has 1 aliphatic rings. The number of aromatic nitrogens is 3. The van der Waals surface area contributed by atoms with Crippen molar-refractivity contribution in [3.8, 4) is 0 Å². The molecule has 25 heavy (non-hydrogen) atoms. The number of amides is 1. The Balaban J connectivity index is 1.46. The molecular formula is C18H24N4O2S. The first-order chi connectivity index (χ1) is 12.1. The van der Waals surface area contributed by atoms with Crippen LogP contribution in [0.5, 0.6) is 0 Å². The third-order valence-electron chi connectivity index (χ3n) is 4.29. The molecule has 1 aliphatic heterocycles. The largest absolute Gasteiger partial charge is 0.354 e. The van der Waals surface area contributed by atoms with Crippen LogP contribution < -0.4 is 11.0 Å². The van der Waals surface area contributed by atoms with E-state index in [0.717, 1.165) is 37.3 Å². The molecule has 7 heteroatoms. The molecule has 0 spiro atoms. The molecule has 0 saturated heterocycles. The van der Waals surface area contributed by atoms with Crippen molar-refractivity contribution in [2.24, 2.45) is 0 Å². The minimum absolute atomic E-state index is 0.00592. The molecule has 0 radical (unpaired) electrons.